The van der Waals surface area contributed by atoms with Crippen LogP contribution >= 0.6 is 11.6 Å². The predicted octanol–water partition coefficient (Wildman–Crippen LogP) is 3.75. The fourth-order valence-electron chi connectivity index (χ4n) is 2.12. The standard InChI is InChI=1S/C13H13ClFNO/c1-13(6-7-13)16-12(11(14)8-17-16)9-2-4-10(15)5-3-9/h2-5,8,12H,6-7H2,1H3. The van der Waals surface area contributed by atoms with E-state index in [1.165, 1.54) is 12.1 Å². The van der Waals surface area contributed by atoms with E-state index in [2.05, 4.69) is 6.92 Å². The lowest BCUT2D eigenvalue weighted by Crippen LogP contribution is -2.34. The number of rotatable bonds is 2. The Morgan fingerprint density at radius 2 is 2.00 bits per heavy atom. The Balaban J connectivity index is 1.93. The molecule has 0 radical (unpaired) electrons. The molecule has 0 aromatic heterocycles. The molecule has 1 aliphatic carbocycles. The summed E-state index contributed by atoms with van der Waals surface area (Å²) in [5.41, 5.74) is 1.02. The second kappa shape index (κ2) is 3.72. The first-order valence-electron chi connectivity index (χ1n) is 5.67. The van der Waals surface area contributed by atoms with E-state index in [9.17, 15) is 4.39 Å². The molecule has 17 heavy (non-hydrogen) atoms. The lowest BCUT2D eigenvalue weighted by molar-refractivity contribution is -0.145. The topological polar surface area (TPSA) is 12.5 Å². The second-order valence-corrected chi connectivity index (χ2v) is 5.32. The summed E-state index contributed by atoms with van der Waals surface area (Å²) in [7, 11) is 0. The molecule has 1 aliphatic heterocycles. The van der Waals surface area contributed by atoms with Crippen molar-refractivity contribution < 1.29 is 9.23 Å². The fourth-order valence-corrected chi connectivity index (χ4v) is 2.38. The smallest absolute Gasteiger partial charge is 0.128 e. The summed E-state index contributed by atoms with van der Waals surface area (Å²) in [6.45, 7) is 2.15. The molecule has 0 N–H and O–H groups in total. The van der Waals surface area contributed by atoms with Gasteiger partial charge >= 0.3 is 0 Å². The highest BCUT2D eigenvalue weighted by Gasteiger charge is 2.51. The van der Waals surface area contributed by atoms with E-state index in [0.717, 1.165) is 18.4 Å². The van der Waals surface area contributed by atoms with Gasteiger partial charge in [-0.25, -0.2) is 4.39 Å². The van der Waals surface area contributed by atoms with Crippen molar-refractivity contribution in [3.05, 3.63) is 46.9 Å². The first kappa shape index (κ1) is 11.1. The van der Waals surface area contributed by atoms with E-state index in [0.29, 0.717) is 5.03 Å². The highest BCUT2D eigenvalue weighted by atomic mass is 35.5. The zero-order valence-corrected chi connectivity index (χ0v) is 10.2. The van der Waals surface area contributed by atoms with Gasteiger partial charge in [0.05, 0.1) is 10.6 Å². The van der Waals surface area contributed by atoms with Gasteiger partial charge in [-0.2, -0.15) is 0 Å². The van der Waals surface area contributed by atoms with Gasteiger partial charge in [-0.3, -0.25) is 0 Å². The molecular weight excluding hydrogens is 241 g/mol. The Kier molecular flexibility index (Phi) is 2.42. The Labute approximate surface area is 105 Å². The largest absolute Gasteiger partial charge is 0.411 e. The number of hydroxylamine groups is 2. The quantitative estimate of drug-likeness (QED) is 0.796. The monoisotopic (exact) mass is 253 g/mol. The molecule has 0 saturated heterocycles. The Hall–Kier alpha value is -1.06. The number of halogens is 2. The molecular formula is C13H13ClFNO. The Morgan fingerprint density at radius 3 is 2.59 bits per heavy atom. The van der Waals surface area contributed by atoms with E-state index in [4.69, 9.17) is 16.4 Å². The van der Waals surface area contributed by atoms with Crippen molar-refractivity contribution in [1.29, 1.82) is 0 Å². The van der Waals surface area contributed by atoms with Crippen molar-refractivity contribution in [3.63, 3.8) is 0 Å². The third-order valence-corrected chi connectivity index (χ3v) is 3.76. The molecule has 0 bridgehead atoms. The van der Waals surface area contributed by atoms with Crippen LogP contribution in [0.25, 0.3) is 0 Å². The van der Waals surface area contributed by atoms with Crippen molar-refractivity contribution in [2.45, 2.75) is 31.3 Å². The van der Waals surface area contributed by atoms with Crippen LogP contribution in [0, 0.1) is 5.82 Å². The molecule has 0 amide bonds. The summed E-state index contributed by atoms with van der Waals surface area (Å²) in [5, 5.41) is 2.56. The summed E-state index contributed by atoms with van der Waals surface area (Å²) in [5.74, 6) is -0.239. The highest BCUT2D eigenvalue weighted by Crippen LogP contribution is 2.50. The van der Waals surface area contributed by atoms with E-state index in [1.54, 1.807) is 18.4 Å². The van der Waals surface area contributed by atoms with Crippen molar-refractivity contribution in [2.24, 2.45) is 0 Å². The van der Waals surface area contributed by atoms with Crippen LogP contribution in [0.15, 0.2) is 35.6 Å². The molecule has 4 heteroatoms. The van der Waals surface area contributed by atoms with Crippen molar-refractivity contribution >= 4 is 11.6 Å². The van der Waals surface area contributed by atoms with Crippen LogP contribution in [-0.4, -0.2) is 10.6 Å². The van der Waals surface area contributed by atoms with Gasteiger partial charge in [0, 0.05) is 0 Å². The summed E-state index contributed by atoms with van der Waals surface area (Å²) in [6.07, 6.45) is 3.77. The SMILES string of the molecule is CC1(N2OC=C(Cl)C2c2ccc(F)cc2)CC1. The summed E-state index contributed by atoms with van der Waals surface area (Å²) >= 11 is 6.18. The van der Waals surface area contributed by atoms with E-state index in [1.807, 2.05) is 5.06 Å². The molecule has 1 saturated carbocycles. The zero-order chi connectivity index (χ0) is 12.0. The van der Waals surface area contributed by atoms with E-state index >= 15 is 0 Å². The molecule has 1 atom stereocenters. The number of benzene rings is 1. The van der Waals surface area contributed by atoms with Crippen LogP contribution in [0.5, 0.6) is 0 Å². The lowest BCUT2D eigenvalue weighted by Gasteiger charge is -2.29. The Morgan fingerprint density at radius 1 is 1.35 bits per heavy atom. The molecule has 1 aromatic rings. The van der Waals surface area contributed by atoms with Crippen molar-refractivity contribution in [3.8, 4) is 0 Å². The van der Waals surface area contributed by atoms with Gasteiger partial charge in [-0.05, 0) is 37.5 Å². The van der Waals surface area contributed by atoms with Crippen molar-refractivity contribution in [1.82, 2.24) is 5.06 Å². The number of hydrogen-bond donors (Lipinski definition) is 0. The molecule has 1 aromatic carbocycles. The average Bonchev–Trinajstić information content (AvgIpc) is 2.92. The maximum atomic E-state index is 12.9. The molecule has 90 valence electrons. The lowest BCUT2D eigenvalue weighted by atomic mass is 10.1. The van der Waals surface area contributed by atoms with Gasteiger partial charge in [0.1, 0.15) is 18.1 Å². The predicted molar refractivity (Wildman–Crippen MR) is 63.6 cm³/mol. The maximum absolute atomic E-state index is 12.9. The molecule has 1 fully saturated rings. The van der Waals surface area contributed by atoms with Gasteiger partial charge < -0.3 is 4.84 Å². The van der Waals surface area contributed by atoms with Gasteiger partial charge in [0.25, 0.3) is 0 Å². The molecule has 1 unspecified atom stereocenters. The van der Waals surface area contributed by atoms with Crippen LogP contribution < -0.4 is 0 Å². The van der Waals surface area contributed by atoms with E-state index in [-0.39, 0.29) is 17.4 Å². The van der Waals surface area contributed by atoms with Gasteiger partial charge in [0.15, 0.2) is 0 Å². The minimum atomic E-state index is -0.239. The van der Waals surface area contributed by atoms with Gasteiger partial charge in [-0.15, -0.1) is 5.06 Å². The van der Waals surface area contributed by atoms with Crippen LogP contribution in [0.3, 0.4) is 0 Å². The second-order valence-electron chi connectivity index (χ2n) is 4.88. The third-order valence-electron chi connectivity index (χ3n) is 3.47. The minimum Gasteiger partial charge on any atom is -0.411 e. The van der Waals surface area contributed by atoms with Crippen molar-refractivity contribution in [2.75, 3.05) is 0 Å². The van der Waals surface area contributed by atoms with Crippen LogP contribution in [0.1, 0.15) is 31.4 Å². The summed E-state index contributed by atoms with van der Waals surface area (Å²) < 4.78 is 12.9. The minimum absolute atomic E-state index is 0.0617. The Bertz CT molecular complexity index is 467. The summed E-state index contributed by atoms with van der Waals surface area (Å²) in [4.78, 5) is 5.54. The molecule has 2 aliphatic rings. The van der Waals surface area contributed by atoms with Crippen LogP contribution in [0.2, 0.25) is 0 Å². The first-order valence-corrected chi connectivity index (χ1v) is 6.05. The van der Waals surface area contributed by atoms with E-state index < -0.39 is 0 Å². The average molecular weight is 254 g/mol. The zero-order valence-electron chi connectivity index (χ0n) is 9.49. The van der Waals surface area contributed by atoms with Crippen LogP contribution in [0.4, 0.5) is 4.39 Å². The maximum Gasteiger partial charge on any atom is 0.128 e. The van der Waals surface area contributed by atoms with Gasteiger partial charge in [0.2, 0.25) is 0 Å². The number of hydrogen-bond acceptors (Lipinski definition) is 2. The normalized spacial score (nSPS) is 26.5. The third kappa shape index (κ3) is 1.83. The molecule has 3 rings (SSSR count). The van der Waals surface area contributed by atoms with Gasteiger partial charge in [-0.1, -0.05) is 23.7 Å². The molecule has 2 nitrogen and oxygen atoms in total. The number of nitrogens with zero attached hydrogens (tertiary/aromatic N) is 1. The molecule has 1 heterocycles. The molecule has 0 spiro atoms. The summed E-state index contributed by atoms with van der Waals surface area (Å²) in [6, 6.07) is 6.30. The highest BCUT2D eigenvalue weighted by molar-refractivity contribution is 6.30. The van der Waals surface area contributed by atoms with Crippen LogP contribution in [-0.2, 0) is 4.84 Å². The first-order chi connectivity index (χ1) is 8.10. The fraction of sp³-hybridized carbons (Fsp3) is 0.385.